The topological polar surface area (TPSA) is 38.7 Å². The highest BCUT2D eigenvalue weighted by Crippen LogP contribution is 2.07. The monoisotopic (exact) mass is 218 g/mol. The van der Waals surface area contributed by atoms with Crippen LogP contribution in [0, 0.1) is 0 Å². The predicted octanol–water partition coefficient (Wildman–Crippen LogP) is 2.37. The Kier molecular flexibility index (Phi) is 11.9. The van der Waals surface area contributed by atoms with Crippen LogP contribution in [0.2, 0.25) is 0 Å². The Bertz CT molecular complexity index is 117. The van der Waals surface area contributed by atoms with Gasteiger partial charge in [0, 0.05) is 0 Å². The van der Waals surface area contributed by atoms with Crippen LogP contribution >= 0.6 is 0 Å². The van der Waals surface area contributed by atoms with Gasteiger partial charge in [0.2, 0.25) is 0 Å². The lowest BCUT2D eigenvalue weighted by atomic mass is 10.1. The second kappa shape index (κ2) is 12.0. The van der Waals surface area contributed by atoms with E-state index in [4.69, 9.17) is 14.6 Å². The van der Waals surface area contributed by atoms with Crippen molar-refractivity contribution in [3.8, 4) is 0 Å². The minimum Gasteiger partial charge on any atom is -0.394 e. The highest BCUT2D eigenvalue weighted by atomic mass is 16.5. The predicted molar refractivity (Wildman–Crippen MR) is 62.1 cm³/mol. The second-order valence-electron chi connectivity index (χ2n) is 3.87. The lowest BCUT2D eigenvalue weighted by Crippen LogP contribution is -2.13. The van der Waals surface area contributed by atoms with E-state index in [1.807, 2.05) is 0 Å². The molecule has 3 nitrogen and oxygen atoms in total. The molecule has 0 heterocycles. The summed E-state index contributed by atoms with van der Waals surface area (Å²) in [6.07, 6.45) is 6.65. The number of unbranched alkanes of at least 4 members (excludes halogenated alkanes) is 3. The van der Waals surface area contributed by atoms with Crippen LogP contribution < -0.4 is 0 Å². The van der Waals surface area contributed by atoms with Gasteiger partial charge in [0.15, 0.2) is 0 Å². The highest BCUT2D eigenvalue weighted by Gasteiger charge is 2.01. The van der Waals surface area contributed by atoms with E-state index in [1.54, 1.807) is 0 Å². The number of rotatable bonds is 11. The summed E-state index contributed by atoms with van der Waals surface area (Å²) in [4.78, 5) is 0. The van der Waals surface area contributed by atoms with Gasteiger partial charge in [-0.1, -0.05) is 32.6 Å². The van der Waals surface area contributed by atoms with Crippen molar-refractivity contribution in [1.29, 1.82) is 0 Å². The van der Waals surface area contributed by atoms with E-state index in [2.05, 4.69) is 13.8 Å². The summed E-state index contributed by atoms with van der Waals surface area (Å²) >= 11 is 0. The van der Waals surface area contributed by atoms with Crippen molar-refractivity contribution in [2.24, 2.45) is 0 Å². The summed E-state index contributed by atoms with van der Waals surface area (Å²) in [5.41, 5.74) is 0. The largest absolute Gasteiger partial charge is 0.394 e. The van der Waals surface area contributed by atoms with E-state index >= 15 is 0 Å². The number of hydrogen-bond donors (Lipinski definition) is 1. The second-order valence-corrected chi connectivity index (χ2v) is 3.87. The maximum absolute atomic E-state index is 8.48. The molecule has 0 aromatic heterocycles. The fourth-order valence-corrected chi connectivity index (χ4v) is 1.42. The van der Waals surface area contributed by atoms with E-state index in [-0.39, 0.29) is 6.61 Å². The lowest BCUT2D eigenvalue weighted by molar-refractivity contribution is 0.000791. The molecule has 0 unspecified atom stereocenters. The maximum atomic E-state index is 8.48. The average Bonchev–Trinajstić information content (AvgIpc) is 2.24. The molecule has 0 saturated carbocycles. The molecule has 15 heavy (non-hydrogen) atoms. The lowest BCUT2D eigenvalue weighted by Gasteiger charge is -2.12. The van der Waals surface area contributed by atoms with Gasteiger partial charge in [-0.05, 0) is 13.3 Å². The van der Waals surface area contributed by atoms with Crippen molar-refractivity contribution in [3.63, 3.8) is 0 Å². The van der Waals surface area contributed by atoms with Gasteiger partial charge < -0.3 is 14.6 Å². The third-order valence-electron chi connectivity index (χ3n) is 2.33. The Morgan fingerprint density at radius 2 is 1.87 bits per heavy atom. The van der Waals surface area contributed by atoms with Crippen LogP contribution in [0.3, 0.4) is 0 Å². The molecule has 0 spiro atoms. The summed E-state index contributed by atoms with van der Waals surface area (Å²) in [6, 6.07) is 0. The SMILES string of the molecule is CCCCCC[C@@H](C)OCCOCCO. The summed E-state index contributed by atoms with van der Waals surface area (Å²) in [5.74, 6) is 0. The molecular weight excluding hydrogens is 192 g/mol. The first-order valence-electron chi connectivity index (χ1n) is 6.11. The van der Waals surface area contributed by atoms with Crippen molar-refractivity contribution < 1.29 is 14.6 Å². The molecule has 1 N–H and O–H groups in total. The van der Waals surface area contributed by atoms with Gasteiger partial charge in [-0.25, -0.2) is 0 Å². The minimum absolute atomic E-state index is 0.0899. The van der Waals surface area contributed by atoms with Crippen LogP contribution in [0.1, 0.15) is 46.0 Å². The van der Waals surface area contributed by atoms with Crippen molar-refractivity contribution >= 4 is 0 Å². The van der Waals surface area contributed by atoms with Gasteiger partial charge >= 0.3 is 0 Å². The first-order valence-corrected chi connectivity index (χ1v) is 6.11. The Morgan fingerprint density at radius 3 is 2.53 bits per heavy atom. The van der Waals surface area contributed by atoms with Crippen LogP contribution in [0.25, 0.3) is 0 Å². The zero-order valence-electron chi connectivity index (χ0n) is 10.2. The van der Waals surface area contributed by atoms with E-state index in [9.17, 15) is 0 Å². The molecule has 0 fully saturated rings. The van der Waals surface area contributed by atoms with Crippen LogP contribution in [0.5, 0.6) is 0 Å². The first-order chi connectivity index (χ1) is 7.31. The van der Waals surface area contributed by atoms with Crippen LogP contribution in [0.4, 0.5) is 0 Å². The van der Waals surface area contributed by atoms with Gasteiger partial charge in [0.05, 0.1) is 32.5 Å². The molecule has 0 rings (SSSR count). The maximum Gasteiger partial charge on any atom is 0.0704 e. The number of aliphatic hydroxyl groups is 1. The molecule has 1 atom stereocenters. The molecule has 0 saturated heterocycles. The van der Waals surface area contributed by atoms with Crippen LogP contribution in [-0.2, 0) is 9.47 Å². The molecule has 0 amide bonds. The van der Waals surface area contributed by atoms with Crippen molar-refractivity contribution in [2.45, 2.75) is 52.1 Å². The normalized spacial score (nSPS) is 13.0. The first kappa shape index (κ1) is 14.9. The van der Waals surface area contributed by atoms with E-state index in [0.29, 0.717) is 25.9 Å². The molecule has 3 heteroatoms. The third-order valence-corrected chi connectivity index (χ3v) is 2.33. The quantitative estimate of drug-likeness (QED) is 0.541. The fraction of sp³-hybridized carbons (Fsp3) is 1.00. The number of hydrogen-bond acceptors (Lipinski definition) is 3. The Labute approximate surface area is 93.8 Å². The summed E-state index contributed by atoms with van der Waals surface area (Å²) in [5, 5.41) is 8.48. The fourth-order valence-electron chi connectivity index (χ4n) is 1.42. The van der Waals surface area contributed by atoms with Gasteiger partial charge in [-0.2, -0.15) is 0 Å². The van der Waals surface area contributed by atoms with E-state index in [0.717, 1.165) is 6.42 Å². The minimum atomic E-state index is 0.0899. The summed E-state index contributed by atoms with van der Waals surface area (Å²) < 4.78 is 10.7. The number of ether oxygens (including phenoxy) is 2. The molecule has 0 aliphatic rings. The smallest absolute Gasteiger partial charge is 0.0704 e. The molecule has 0 radical (unpaired) electrons. The molecule has 0 aromatic rings. The summed E-state index contributed by atoms with van der Waals surface area (Å²) in [6.45, 7) is 6.05. The summed E-state index contributed by atoms with van der Waals surface area (Å²) in [7, 11) is 0. The molecule has 0 bridgehead atoms. The molecule has 0 aliphatic heterocycles. The van der Waals surface area contributed by atoms with Crippen molar-refractivity contribution in [3.05, 3.63) is 0 Å². The van der Waals surface area contributed by atoms with E-state index < -0.39 is 0 Å². The Morgan fingerprint density at radius 1 is 1.07 bits per heavy atom. The van der Waals surface area contributed by atoms with Gasteiger partial charge in [-0.15, -0.1) is 0 Å². The molecule has 0 aliphatic carbocycles. The molecule has 0 aromatic carbocycles. The standard InChI is InChI=1S/C12H26O3/c1-3-4-5-6-7-12(2)15-11-10-14-9-8-13/h12-13H,3-11H2,1-2H3/t12-/m1/s1. The zero-order valence-corrected chi connectivity index (χ0v) is 10.2. The average molecular weight is 218 g/mol. The van der Waals surface area contributed by atoms with Gasteiger partial charge in [0.25, 0.3) is 0 Å². The highest BCUT2D eigenvalue weighted by molar-refractivity contribution is 4.51. The Hall–Kier alpha value is -0.120. The van der Waals surface area contributed by atoms with Crippen molar-refractivity contribution in [1.82, 2.24) is 0 Å². The van der Waals surface area contributed by atoms with E-state index in [1.165, 1.54) is 25.7 Å². The zero-order chi connectivity index (χ0) is 11.4. The third kappa shape index (κ3) is 11.8. The number of aliphatic hydroxyl groups excluding tert-OH is 1. The van der Waals surface area contributed by atoms with Crippen LogP contribution in [0.15, 0.2) is 0 Å². The van der Waals surface area contributed by atoms with Crippen LogP contribution in [-0.4, -0.2) is 37.6 Å². The Balaban J connectivity index is 3.08. The van der Waals surface area contributed by atoms with Gasteiger partial charge in [0.1, 0.15) is 0 Å². The van der Waals surface area contributed by atoms with Crippen molar-refractivity contribution in [2.75, 3.05) is 26.4 Å². The van der Waals surface area contributed by atoms with Gasteiger partial charge in [-0.3, -0.25) is 0 Å². The molecular formula is C12H26O3. The molecule has 92 valence electrons.